The van der Waals surface area contributed by atoms with Crippen molar-refractivity contribution < 1.29 is 0 Å². The zero-order valence-electron chi connectivity index (χ0n) is 8.05. The van der Waals surface area contributed by atoms with Crippen LogP contribution in [0.1, 0.15) is 23.8 Å². The normalized spacial score (nSPS) is 18.2. The lowest BCUT2D eigenvalue weighted by atomic mass is 10.2. The van der Waals surface area contributed by atoms with Crippen LogP contribution in [0.4, 0.5) is 5.00 Å². The maximum Gasteiger partial charge on any atom is 0.0862 e. The van der Waals surface area contributed by atoms with Gasteiger partial charge in [-0.1, -0.05) is 6.92 Å². The molecule has 3 heteroatoms. The van der Waals surface area contributed by atoms with Crippen molar-refractivity contribution in [3.8, 4) is 0 Å². The van der Waals surface area contributed by atoms with E-state index in [1.54, 1.807) is 11.3 Å². The molecular formula is C10H16N2S. The molecule has 0 saturated heterocycles. The highest BCUT2D eigenvalue weighted by atomic mass is 32.1. The molecule has 0 bridgehead atoms. The molecule has 1 aliphatic heterocycles. The summed E-state index contributed by atoms with van der Waals surface area (Å²) in [7, 11) is 0. The molecule has 1 aromatic heterocycles. The van der Waals surface area contributed by atoms with Gasteiger partial charge in [0.2, 0.25) is 0 Å². The summed E-state index contributed by atoms with van der Waals surface area (Å²) in [6.45, 7) is 5.70. The van der Waals surface area contributed by atoms with E-state index >= 15 is 0 Å². The second-order valence-corrected chi connectivity index (χ2v) is 4.74. The summed E-state index contributed by atoms with van der Waals surface area (Å²) in [4.78, 5) is 3.99. The van der Waals surface area contributed by atoms with Gasteiger partial charge in [0.25, 0.3) is 0 Å². The van der Waals surface area contributed by atoms with E-state index in [2.05, 4.69) is 17.9 Å². The molecule has 0 aliphatic carbocycles. The first-order chi connectivity index (χ1) is 6.29. The van der Waals surface area contributed by atoms with Crippen molar-refractivity contribution in [2.45, 2.75) is 26.3 Å². The van der Waals surface area contributed by atoms with Gasteiger partial charge in [-0.05, 0) is 37.6 Å². The number of rotatable bonds is 1. The van der Waals surface area contributed by atoms with Crippen molar-refractivity contribution >= 4 is 16.3 Å². The molecular weight excluding hydrogens is 180 g/mol. The topological polar surface area (TPSA) is 29.3 Å². The number of anilines is 1. The first-order valence-corrected chi connectivity index (χ1v) is 5.70. The molecule has 0 fully saturated rings. The fraction of sp³-hybridized carbons (Fsp3) is 0.600. The van der Waals surface area contributed by atoms with Crippen LogP contribution in [0.3, 0.4) is 0 Å². The average molecular weight is 196 g/mol. The summed E-state index contributed by atoms with van der Waals surface area (Å²) in [5.41, 5.74) is 7.26. The molecule has 0 spiro atoms. The second-order valence-electron chi connectivity index (χ2n) is 3.57. The monoisotopic (exact) mass is 196 g/mol. The van der Waals surface area contributed by atoms with Crippen molar-refractivity contribution in [2.24, 2.45) is 0 Å². The molecule has 0 unspecified atom stereocenters. The summed E-state index contributed by atoms with van der Waals surface area (Å²) < 4.78 is 0. The van der Waals surface area contributed by atoms with Crippen LogP contribution in [-0.4, -0.2) is 18.0 Å². The fourth-order valence-corrected chi connectivity index (χ4v) is 2.87. The highest BCUT2D eigenvalue weighted by molar-refractivity contribution is 7.16. The number of thiophene rings is 1. The van der Waals surface area contributed by atoms with Crippen molar-refractivity contribution in [3.63, 3.8) is 0 Å². The third kappa shape index (κ3) is 1.86. The Morgan fingerprint density at radius 1 is 1.62 bits per heavy atom. The lowest BCUT2D eigenvalue weighted by molar-refractivity contribution is 0.285. The molecule has 72 valence electrons. The molecule has 2 N–H and O–H groups in total. The number of nitrogens with two attached hydrogens (primary N) is 1. The van der Waals surface area contributed by atoms with Crippen molar-refractivity contribution in [3.05, 3.63) is 16.5 Å². The number of aryl methyl sites for hydroxylation is 1. The Balaban J connectivity index is 2.22. The number of hydrogen-bond acceptors (Lipinski definition) is 3. The minimum absolute atomic E-state index is 0.975. The Morgan fingerprint density at radius 3 is 3.23 bits per heavy atom. The van der Waals surface area contributed by atoms with Gasteiger partial charge in [0.05, 0.1) is 5.00 Å². The summed E-state index contributed by atoms with van der Waals surface area (Å²) in [6, 6.07) is 2.15. The van der Waals surface area contributed by atoms with Gasteiger partial charge in [0.1, 0.15) is 0 Å². The van der Waals surface area contributed by atoms with Crippen LogP contribution >= 0.6 is 11.3 Å². The predicted octanol–water partition coefficient (Wildman–Crippen LogP) is 2.10. The number of hydrogen-bond donors (Lipinski definition) is 1. The van der Waals surface area contributed by atoms with Crippen LogP contribution in [0, 0.1) is 0 Å². The lowest BCUT2D eigenvalue weighted by Crippen LogP contribution is -2.22. The van der Waals surface area contributed by atoms with E-state index < -0.39 is 0 Å². The van der Waals surface area contributed by atoms with Gasteiger partial charge >= 0.3 is 0 Å². The number of fused-ring (bicyclic) bond motifs is 1. The Bertz CT molecular complexity index is 293. The zero-order valence-corrected chi connectivity index (χ0v) is 8.86. The quantitative estimate of drug-likeness (QED) is 0.745. The van der Waals surface area contributed by atoms with E-state index in [1.165, 1.54) is 29.8 Å². The van der Waals surface area contributed by atoms with Gasteiger partial charge < -0.3 is 5.73 Å². The molecule has 0 aromatic carbocycles. The summed E-state index contributed by atoms with van der Waals surface area (Å²) in [6.07, 6.45) is 2.49. The summed E-state index contributed by atoms with van der Waals surface area (Å²) >= 11 is 1.77. The average Bonchev–Trinajstić information content (AvgIpc) is 2.33. The van der Waals surface area contributed by atoms with Gasteiger partial charge in [-0.3, -0.25) is 4.90 Å². The predicted molar refractivity (Wildman–Crippen MR) is 58.0 cm³/mol. The third-order valence-electron chi connectivity index (χ3n) is 2.64. The standard InChI is InChI=1S/C10H16N2S/c1-2-12-5-3-4-9-8(7-12)6-10(11)13-9/h6H,2-5,7,11H2,1H3. The summed E-state index contributed by atoms with van der Waals surface area (Å²) in [5, 5.41) is 0.975. The van der Waals surface area contributed by atoms with E-state index in [-0.39, 0.29) is 0 Å². The minimum atomic E-state index is 0.975. The van der Waals surface area contributed by atoms with Gasteiger partial charge in [-0.2, -0.15) is 0 Å². The van der Waals surface area contributed by atoms with E-state index in [4.69, 9.17) is 5.73 Å². The molecule has 0 atom stereocenters. The van der Waals surface area contributed by atoms with Crippen molar-refractivity contribution in [1.82, 2.24) is 4.90 Å². The SMILES string of the molecule is CCN1CCCc2sc(N)cc2C1. The first kappa shape index (κ1) is 9.03. The Morgan fingerprint density at radius 2 is 2.46 bits per heavy atom. The maximum absolute atomic E-state index is 5.80. The van der Waals surface area contributed by atoms with Crippen LogP contribution < -0.4 is 5.73 Å². The summed E-state index contributed by atoms with van der Waals surface area (Å²) in [5.74, 6) is 0. The highest BCUT2D eigenvalue weighted by Gasteiger charge is 2.14. The van der Waals surface area contributed by atoms with Gasteiger partial charge in [-0.15, -0.1) is 11.3 Å². The molecule has 0 amide bonds. The van der Waals surface area contributed by atoms with E-state index in [9.17, 15) is 0 Å². The second kappa shape index (κ2) is 3.68. The van der Waals surface area contributed by atoms with E-state index in [0.717, 1.165) is 18.1 Å². The van der Waals surface area contributed by atoms with Crippen LogP contribution in [0.15, 0.2) is 6.07 Å². The molecule has 2 rings (SSSR count). The number of nitrogens with zero attached hydrogens (tertiary/aromatic N) is 1. The van der Waals surface area contributed by atoms with Gasteiger partial charge in [0, 0.05) is 11.4 Å². The molecule has 0 saturated carbocycles. The minimum Gasteiger partial charge on any atom is -0.391 e. The molecule has 0 radical (unpaired) electrons. The fourth-order valence-electron chi connectivity index (χ4n) is 1.89. The molecule has 2 nitrogen and oxygen atoms in total. The Kier molecular flexibility index (Phi) is 2.56. The zero-order chi connectivity index (χ0) is 9.26. The van der Waals surface area contributed by atoms with Crippen LogP contribution in [0.2, 0.25) is 0 Å². The van der Waals surface area contributed by atoms with Crippen LogP contribution in [0.5, 0.6) is 0 Å². The Labute approximate surface area is 83.4 Å². The van der Waals surface area contributed by atoms with Crippen molar-refractivity contribution in [2.75, 3.05) is 18.8 Å². The molecule has 13 heavy (non-hydrogen) atoms. The van der Waals surface area contributed by atoms with Crippen LogP contribution in [0.25, 0.3) is 0 Å². The molecule has 1 aliphatic rings. The third-order valence-corrected chi connectivity index (χ3v) is 3.70. The maximum atomic E-state index is 5.80. The van der Waals surface area contributed by atoms with Crippen LogP contribution in [-0.2, 0) is 13.0 Å². The van der Waals surface area contributed by atoms with Gasteiger partial charge in [0.15, 0.2) is 0 Å². The van der Waals surface area contributed by atoms with E-state index in [0.29, 0.717) is 0 Å². The Hall–Kier alpha value is -0.540. The smallest absolute Gasteiger partial charge is 0.0862 e. The first-order valence-electron chi connectivity index (χ1n) is 4.89. The molecule has 1 aromatic rings. The largest absolute Gasteiger partial charge is 0.391 e. The number of nitrogen functional groups attached to an aromatic ring is 1. The van der Waals surface area contributed by atoms with Crippen molar-refractivity contribution in [1.29, 1.82) is 0 Å². The lowest BCUT2D eigenvalue weighted by Gasteiger charge is -2.16. The molecule has 2 heterocycles. The highest BCUT2D eigenvalue weighted by Crippen LogP contribution is 2.28. The van der Waals surface area contributed by atoms with E-state index in [1.807, 2.05) is 0 Å². The van der Waals surface area contributed by atoms with Gasteiger partial charge in [-0.25, -0.2) is 0 Å².